The smallest absolute Gasteiger partial charge is 0.243 e. The van der Waals surface area contributed by atoms with Crippen molar-refractivity contribution >= 4 is 50.7 Å². The van der Waals surface area contributed by atoms with E-state index in [1.807, 2.05) is 62.4 Å². The Kier molecular flexibility index (Phi) is 12.3. The van der Waals surface area contributed by atoms with Gasteiger partial charge in [-0.25, -0.2) is 8.42 Å². The van der Waals surface area contributed by atoms with Crippen LogP contribution in [0.5, 0.6) is 0 Å². The minimum absolute atomic E-state index is 0.0558. The molecule has 0 aliphatic heterocycles. The highest BCUT2D eigenvalue weighted by Crippen LogP contribution is 2.27. The Hall–Kier alpha value is -3.07. The highest BCUT2D eigenvalue weighted by atomic mass is 35.5. The maximum absolute atomic E-state index is 14.1. The first-order valence-electron chi connectivity index (χ1n) is 15.5. The van der Waals surface area contributed by atoms with E-state index < -0.39 is 16.1 Å². The fourth-order valence-corrected chi connectivity index (χ4v) is 7.24. The van der Waals surface area contributed by atoms with Crippen LogP contribution in [0.1, 0.15) is 67.2 Å². The zero-order valence-electron chi connectivity index (χ0n) is 26.3. The third-order valence-electron chi connectivity index (χ3n) is 8.35. The molecule has 0 aromatic heterocycles. The van der Waals surface area contributed by atoms with Gasteiger partial charge >= 0.3 is 0 Å². The van der Waals surface area contributed by atoms with E-state index in [0.29, 0.717) is 22.2 Å². The van der Waals surface area contributed by atoms with Gasteiger partial charge in [-0.1, -0.05) is 91.0 Å². The van der Waals surface area contributed by atoms with Crippen molar-refractivity contribution in [3.8, 4) is 0 Å². The van der Waals surface area contributed by atoms with Crippen LogP contribution in [-0.4, -0.2) is 50.0 Å². The van der Waals surface area contributed by atoms with Crippen molar-refractivity contribution in [1.82, 2.24) is 10.2 Å². The summed E-state index contributed by atoms with van der Waals surface area (Å²) >= 11 is 12.5. The molecular formula is C35H43Cl2N3O4S. The monoisotopic (exact) mass is 671 g/mol. The zero-order chi connectivity index (χ0) is 32.6. The van der Waals surface area contributed by atoms with Gasteiger partial charge in [-0.2, -0.15) is 0 Å². The van der Waals surface area contributed by atoms with Gasteiger partial charge in [-0.15, -0.1) is 0 Å². The zero-order valence-corrected chi connectivity index (χ0v) is 28.6. The van der Waals surface area contributed by atoms with Crippen molar-refractivity contribution in [2.45, 2.75) is 83.8 Å². The van der Waals surface area contributed by atoms with Crippen molar-refractivity contribution in [2.75, 3.05) is 17.1 Å². The molecule has 0 bridgehead atoms. The predicted octanol–water partition coefficient (Wildman–Crippen LogP) is 7.25. The van der Waals surface area contributed by atoms with Crippen molar-refractivity contribution in [1.29, 1.82) is 0 Å². The molecule has 1 N–H and O–H groups in total. The SMILES string of the molecule is Cc1ccc(C)c(N(CCCC(=O)N(Cc2ccc(Cl)c(Cl)c2)C(Cc2ccccc2)C(=O)NC2CCCCC2)S(C)(=O)=O)c1. The molecule has 1 unspecified atom stereocenters. The number of anilines is 1. The normalized spacial score (nSPS) is 14.5. The van der Waals surface area contributed by atoms with Crippen LogP contribution in [0, 0.1) is 13.8 Å². The third-order valence-corrected chi connectivity index (χ3v) is 10.3. The van der Waals surface area contributed by atoms with Crippen molar-refractivity contribution in [3.05, 3.63) is 99.0 Å². The molecule has 1 aliphatic rings. The van der Waals surface area contributed by atoms with E-state index in [-0.39, 0.29) is 43.8 Å². The molecule has 2 amide bonds. The lowest BCUT2D eigenvalue weighted by atomic mass is 9.94. The fourth-order valence-electron chi connectivity index (χ4n) is 5.90. The van der Waals surface area contributed by atoms with Gasteiger partial charge in [0.15, 0.2) is 0 Å². The molecule has 0 heterocycles. The number of carbonyl (C=O) groups excluding carboxylic acids is 2. The highest BCUT2D eigenvalue weighted by Gasteiger charge is 2.32. The summed E-state index contributed by atoms with van der Waals surface area (Å²) in [6.07, 6.45) is 6.99. The van der Waals surface area contributed by atoms with Crippen molar-refractivity contribution in [3.63, 3.8) is 0 Å². The molecule has 0 saturated heterocycles. The summed E-state index contributed by atoms with van der Waals surface area (Å²) in [6, 6.07) is 19.9. The van der Waals surface area contributed by atoms with E-state index in [1.54, 1.807) is 23.1 Å². The number of carbonyl (C=O) groups is 2. The Morgan fingerprint density at radius 3 is 2.29 bits per heavy atom. The summed E-state index contributed by atoms with van der Waals surface area (Å²) in [5.74, 6) is -0.428. The number of nitrogens with one attached hydrogen (secondary N) is 1. The van der Waals surface area contributed by atoms with Crippen LogP contribution in [0.4, 0.5) is 5.69 Å². The summed E-state index contributed by atoms with van der Waals surface area (Å²) in [4.78, 5) is 29.8. The molecule has 0 spiro atoms. The van der Waals surface area contributed by atoms with Gasteiger partial charge in [0, 0.05) is 32.0 Å². The predicted molar refractivity (Wildman–Crippen MR) is 183 cm³/mol. The molecule has 4 rings (SSSR count). The third kappa shape index (κ3) is 9.96. The summed E-state index contributed by atoms with van der Waals surface area (Å²) < 4.78 is 27.1. The lowest BCUT2D eigenvalue weighted by Crippen LogP contribution is -2.53. The Morgan fingerprint density at radius 2 is 1.62 bits per heavy atom. The van der Waals surface area contributed by atoms with Crippen LogP contribution in [0.15, 0.2) is 66.7 Å². The second-order valence-corrected chi connectivity index (χ2v) is 14.8. The Bertz CT molecular complexity index is 1580. The average Bonchev–Trinajstić information content (AvgIpc) is 3.00. The molecular weight excluding hydrogens is 629 g/mol. The number of nitrogens with zero attached hydrogens (tertiary/aromatic N) is 2. The molecule has 45 heavy (non-hydrogen) atoms. The summed E-state index contributed by atoms with van der Waals surface area (Å²) in [5.41, 5.74) is 4.06. The molecule has 7 nitrogen and oxygen atoms in total. The standard InChI is InChI=1S/C35H43Cl2N3O4S/c1-25-16-17-26(2)32(21-25)40(45(3,43)44)20-10-15-34(41)39(24-28-18-19-30(36)31(37)22-28)33(23-27-11-6-4-7-12-27)35(42)38-29-13-8-5-9-14-29/h4,6-7,11-12,16-19,21-22,29,33H,5,8-10,13-15,20,23-24H2,1-3H3,(H,38,42). The number of halogens is 2. The quantitative estimate of drug-likeness (QED) is 0.207. The van der Waals surface area contributed by atoms with Gasteiger partial charge < -0.3 is 10.2 Å². The second-order valence-electron chi connectivity index (χ2n) is 12.0. The maximum atomic E-state index is 14.1. The minimum atomic E-state index is -3.60. The lowest BCUT2D eigenvalue weighted by Gasteiger charge is -2.34. The summed E-state index contributed by atoms with van der Waals surface area (Å²) in [5, 5.41) is 4.01. The number of sulfonamides is 1. The minimum Gasteiger partial charge on any atom is -0.352 e. The van der Waals surface area contributed by atoms with Gasteiger partial charge in [0.05, 0.1) is 22.0 Å². The molecule has 242 valence electrons. The molecule has 0 radical (unpaired) electrons. The van der Waals surface area contributed by atoms with Gasteiger partial charge in [0.25, 0.3) is 0 Å². The van der Waals surface area contributed by atoms with E-state index >= 15 is 0 Å². The van der Waals surface area contributed by atoms with Crippen LogP contribution >= 0.6 is 23.2 Å². The number of aryl methyl sites for hydroxylation is 2. The summed E-state index contributed by atoms with van der Waals surface area (Å²) in [7, 11) is -3.60. The van der Waals surface area contributed by atoms with E-state index in [2.05, 4.69) is 5.32 Å². The van der Waals surface area contributed by atoms with E-state index in [1.165, 1.54) is 10.6 Å². The van der Waals surface area contributed by atoms with Crippen LogP contribution in [0.3, 0.4) is 0 Å². The number of hydrogen-bond donors (Lipinski definition) is 1. The first kappa shape index (κ1) is 34.8. The van der Waals surface area contributed by atoms with E-state index in [0.717, 1.165) is 54.4 Å². The Labute approximate surface area is 278 Å². The van der Waals surface area contributed by atoms with Gasteiger partial charge in [-0.3, -0.25) is 13.9 Å². The molecule has 1 saturated carbocycles. The van der Waals surface area contributed by atoms with Crippen LogP contribution in [0.2, 0.25) is 10.0 Å². The fraction of sp³-hybridized carbons (Fsp3) is 0.429. The molecule has 10 heteroatoms. The molecule has 1 atom stereocenters. The second kappa shape index (κ2) is 16.0. The topological polar surface area (TPSA) is 86.8 Å². The molecule has 3 aromatic carbocycles. The van der Waals surface area contributed by atoms with E-state index in [9.17, 15) is 18.0 Å². The highest BCUT2D eigenvalue weighted by molar-refractivity contribution is 7.92. The Morgan fingerprint density at radius 1 is 0.911 bits per heavy atom. The largest absolute Gasteiger partial charge is 0.352 e. The first-order chi connectivity index (χ1) is 21.4. The molecule has 1 aliphatic carbocycles. The van der Waals surface area contributed by atoms with Gasteiger partial charge in [0.2, 0.25) is 21.8 Å². The maximum Gasteiger partial charge on any atom is 0.243 e. The van der Waals surface area contributed by atoms with E-state index in [4.69, 9.17) is 23.2 Å². The average molecular weight is 673 g/mol. The van der Waals surface area contributed by atoms with Gasteiger partial charge in [0.1, 0.15) is 6.04 Å². The Balaban J connectivity index is 1.62. The van der Waals surface area contributed by atoms with Crippen LogP contribution in [-0.2, 0) is 32.6 Å². The molecule has 1 fully saturated rings. The van der Waals surface area contributed by atoms with Crippen LogP contribution < -0.4 is 9.62 Å². The number of amides is 2. The first-order valence-corrected chi connectivity index (χ1v) is 18.2. The van der Waals surface area contributed by atoms with Crippen molar-refractivity contribution in [2.24, 2.45) is 0 Å². The summed E-state index contributed by atoms with van der Waals surface area (Å²) in [6.45, 7) is 4.07. The number of hydrogen-bond acceptors (Lipinski definition) is 4. The van der Waals surface area contributed by atoms with Crippen LogP contribution in [0.25, 0.3) is 0 Å². The lowest BCUT2D eigenvalue weighted by molar-refractivity contribution is -0.141. The van der Waals surface area contributed by atoms with Crippen molar-refractivity contribution < 1.29 is 18.0 Å². The van der Waals surface area contributed by atoms with Gasteiger partial charge in [-0.05, 0) is 73.6 Å². The molecule has 3 aromatic rings. The number of rotatable bonds is 13. The number of benzene rings is 3.